The molecule has 149 valence electrons. The minimum atomic E-state index is -4.05. The molecule has 1 aromatic heterocycles. The molecule has 28 heavy (non-hydrogen) atoms. The van der Waals surface area contributed by atoms with Crippen LogP contribution in [0.15, 0.2) is 35.7 Å². The largest absolute Gasteiger partial charge is 0.334 e. The molecule has 0 atom stereocenters. The van der Waals surface area contributed by atoms with Crippen molar-refractivity contribution in [3.05, 3.63) is 41.9 Å². The summed E-state index contributed by atoms with van der Waals surface area (Å²) < 4.78 is 28.6. The minimum Gasteiger partial charge on any atom is -0.334 e. The van der Waals surface area contributed by atoms with E-state index in [1.165, 1.54) is 12.5 Å². The van der Waals surface area contributed by atoms with Crippen LogP contribution in [0.1, 0.15) is 70.5 Å². The summed E-state index contributed by atoms with van der Waals surface area (Å²) in [6.07, 6.45) is 2.84. The molecule has 1 aromatic carbocycles. The molecule has 0 fully saturated rings. The first kappa shape index (κ1) is 24.7. The first-order valence-electron chi connectivity index (χ1n) is 9.03. The number of carbonyl (C=O) groups excluding carboxylic acids is 1. The molecule has 2 aromatic rings. The average molecular weight is 416 g/mol. The van der Waals surface area contributed by atoms with Crippen LogP contribution >= 0.6 is 0 Å². The maximum atomic E-state index is 12.5. The standard InChI is InChI=1S/C19H28N4O3S.Na/c1-12(2)15-8-7-9-16(13(3)4)18(15)21-19(24)22-27(25,26)17-10-23(11-20-17)14(5)6;/h7-14H,1-6H3,(H2,21,22,24);. The number of hydrogen-bond donors (Lipinski definition) is 2. The number of para-hydroxylation sites is 1. The maximum Gasteiger partial charge on any atom is 0.333 e. The molecule has 1 radical (unpaired) electrons. The predicted molar refractivity (Wildman–Crippen MR) is 112 cm³/mol. The van der Waals surface area contributed by atoms with E-state index in [0.29, 0.717) is 5.69 Å². The Labute approximate surface area is 189 Å². The fourth-order valence-corrected chi connectivity index (χ4v) is 3.59. The van der Waals surface area contributed by atoms with E-state index >= 15 is 0 Å². The summed E-state index contributed by atoms with van der Waals surface area (Å²) >= 11 is 0. The van der Waals surface area contributed by atoms with Gasteiger partial charge in [0.15, 0.2) is 5.03 Å². The van der Waals surface area contributed by atoms with Gasteiger partial charge in [-0.1, -0.05) is 45.9 Å². The molecule has 0 bridgehead atoms. The molecule has 2 rings (SSSR count). The van der Waals surface area contributed by atoms with Crippen LogP contribution in [-0.2, 0) is 10.0 Å². The smallest absolute Gasteiger partial charge is 0.333 e. The van der Waals surface area contributed by atoms with Crippen molar-refractivity contribution in [3.63, 3.8) is 0 Å². The molecule has 1 heterocycles. The number of imidazole rings is 1. The van der Waals surface area contributed by atoms with E-state index in [2.05, 4.69) is 15.0 Å². The van der Waals surface area contributed by atoms with Crippen LogP contribution in [0.5, 0.6) is 0 Å². The van der Waals surface area contributed by atoms with Crippen LogP contribution in [0, 0.1) is 0 Å². The van der Waals surface area contributed by atoms with Crippen molar-refractivity contribution in [2.45, 2.75) is 64.4 Å². The van der Waals surface area contributed by atoms with Crippen molar-refractivity contribution in [2.24, 2.45) is 0 Å². The van der Waals surface area contributed by atoms with Crippen molar-refractivity contribution in [1.82, 2.24) is 14.3 Å². The Morgan fingerprint density at radius 3 is 2.00 bits per heavy atom. The van der Waals surface area contributed by atoms with E-state index < -0.39 is 16.1 Å². The molecule has 0 saturated heterocycles. The molecule has 0 unspecified atom stereocenters. The molecule has 9 heteroatoms. The maximum absolute atomic E-state index is 12.5. The number of urea groups is 1. The van der Waals surface area contributed by atoms with Gasteiger partial charge in [0, 0.05) is 47.5 Å². The molecular weight excluding hydrogens is 387 g/mol. The van der Waals surface area contributed by atoms with Crippen molar-refractivity contribution >= 4 is 51.3 Å². The van der Waals surface area contributed by atoms with Gasteiger partial charge in [-0.2, -0.15) is 8.42 Å². The summed E-state index contributed by atoms with van der Waals surface area (Å²) in [6, 6.07) is 5.09. The zero-order valence-electron chi connectivity index (χ0n) is 17.6. The van der Waals surface area contributed by atoms with E-state index in [1.807, 2.05) is 59.7 Å². The summed E-state index contributed by atoms with van der Waals surface area (Å²) in [7, 11) is -4.05. The van der Waals surface area contributed by atoms with Crippen molar-refractivity contribution in [1.29, 1.82) is 0 Å². The first-order valence-corrected chi connectivity index (χ1v) is 10.5. The number of nitrogens with one attached hydrogen (secondary N) is 2. The van der Waals surface area contributed by atoms with Gasteiger partial charge in [-0.15, -0.1) is 0 Å². The predicted octanol–water partition coefficient (Wildman–Crippen LogP) is 3.84. The summed E-state index contributed by atoms with van der Waals surface area (Å²) in [5.41, 5.74) is 2.57. The Hall–Kier alpha value is -1.35. The van der Waals surface area contributed by atoms with Crippen molar-refractivity contribution in [2.75, 3.05) is 5.32 Å². The van der Waals surface area contributed by atoms with Crippen LogP contribution in [0.25, 0.3) is 0 Å². The van der Waals surface area contributed by atoms with Crippen molar-refractivity contribution in [3.8, 4) is 0 Å². The van der Waals surface area contributed by atoms with Crippen LogP contribution in [0.4, 0.5) is 10.5 Å². The summed E-state index contributed by atoms with van der Waals surface area (Å²) in [4.78, 5) is 16.3. The molecule has 0 saturated carbocycles. The Morgan fingerprint density at radius 2 is 1.57 bits per heavy atom. The first-order chi connectivity index (χ1) is 12.5. The van der Waals surface area contributed by atoms with Gasteiger partial charge in [0.05, 0.1) is 6.33 Å². The van der Waals surface area contributed by atoms with Crippen LogP contribution < -0.4 is 10.0 Å². The molecule has 0 aliphatic rings. The number of aromatic nitrogens is 2. The van der Waals surface area contributed by atoms with Gasteiger partial charge >= 0.3 is 6.03 Å². The summed E-state index contributed by atoms with van der Waals surface area (Å²) in [5, 5.41) is 2.55. The molecule has 0 spiro atoms. The number of rotatable bonds is 6. The number of nitrogens with zero attached hydrogens (tertiary/aromatic N) is 2. The second kappa shape index (κ2) is 9.91. The molecule has 2 N–H and O–H groups in total. The van der Waals surface area contributed by atoms with Crippen LogP contribution in [-0.4, -0.2) is 53.6 Å². The second-order valence-corrected chi connectivity index (χ2v) is 9.06. The Bertz CT molecular complexity index is 895. The van der Waals surface area contributed by atoms with E-state index in [9.17, 15) is 13.2 Å². The third kappa shape index (κ3) is 5.83. The van der Waals surface area contributed by atoms with Gasteiger partial charge in [0.1, 0.15) is 0 Å². The fraction of sp³-hybridized carbons (Fsp3) is 0.474. The molecular formula is C19H28N4NaO3S. The van der Waals surface area contributed by atoms with Gasteiger partial charge in [-0.25, -0.2) is 14.5 Å². The van der Waals surface area contributed by atoms with E-state index in [1.54, 1.807) is 4.57 Å². The monoisotopic (exact) mass is 415 g/mol. The number of benzene rings is 1. The number of sulfonamides is 1. The minimum absolute atomic E-state index is 0. The quantitative estimate of drug-likeness (QED) is 0.701. The normalized spacial score (nSPS) is 11.6. The van der Waals surface area contributed by atoms with Gasteiger partial charge in [0.25, 0.3) is 10.0 Å². The third-order valence-corrected chi connectivity index (χ3v) is 5.50. The number of anilines is 1. The van der Waals surface area contributed by atoms with Gasteiger partial charge in [0.2, 0.25) is 0 Å². The van der Waals surface area contributed by atoms with E-state index in [0.717, 1.165) is 11.1 Å². The molecule has 7 nitrogen and oxygen atoms in total. The fourth-order valence-electron chi connectivity index (χ4n) is 2.75. The van der Waals surface area contributed by atoms with Crippen LogP contribution in [0.2, 0.25) is 0 Å². The third-order valence-electron chi connectivity index (χ3n) is 4.29. The number of amides is 2. The Kier molecular flexibility index (Phi) is 8.74. The zero-order valence-corrected chi connectivity index (χ0v) is 20.5. The van der Waals surface area contributed by atoms with Gasteiger partial charge < -0.3 is 9.88 Å². The van der Waals surface area contributed by atoms with Gasteiger partial charge in [-0.3, -0.25) is 0 Å². The number of carbonyl (C=O) groups is 1. The molecule has 0 aliphatic carbocycles. The molecule has 0 aliphatic heterocycles. The van der Waals surface area contributed by atoms with Crippen LogP contribution in [0.3, 0.4) is 0 Å². The van der Waals surface area contributed by atoms with Crippen molar-refractivity contribution < 1.29 is 13.2 Å². The number of hydrogen-bond acceptors (Lipinski definition) is 4. The Balaban J connectivity index is 0.00000392. The second-order valence-electron chi connectivity index (χ2n) is 7.43. The van der Waals surface area contributed by atoms with E-state index in [-0.39, 0.29) is 52.5 Å². The SMILES string of the molecule is CC(C)c1cccc(C(C)C)c1NC(=O)NS(=O)(=O)c1cn(C(C)C)cn1.[Na]. The average Bonchev–Trinajstić information content (AvgIpc) is 3.05. The summed E-state index contributed by atoms with van der Waals surface area (Å²) in [5.74, 6) is 0.356. The Morgan fingerprint density at radius 1 is 1.04 bits per heavy atom. The topological polar surface area (TPSA) is 93.1 Å². The molecule has 2 amide bonds. The summed E-state index contributed by atoms with van der Waals surface area (Å²) in [6.45, 7) is 11.9. The zero-order chi connectivity index (χ0) is 20.4. The van der Waals surface area contributed by atoms with E-state index in [4.69, 9.17) is 0 Å². The van der Waals surface area contributed by atoms with Gasteiger partial charge in [-0.05, 0) is 36.8 Å².